The number of nitrogens with one attached hydrogen (secondary N) is 1. The van der Waals surface area contributed by atoms with Crippen LogP contribution in [0, 0.1) is 0 Å². The van der Waals surface area contributed by atoms with Gasteiger partial charge in [0.2, 0.25) is 0 Å². The molecule has 7 heteroatoms. The summed E-state index contributed by atoms with van der Waals surface area (Å²) in [6.07, 6.45) is 2.84. The number of esters is 1. The minimum absolute atomic E-state index is 0.250. The Labute approximate surface area is 182 Å². The molecule has 2 aromatic rings. The van der Waals surface area contributed by atoms with Crippen LogP contribution in [0.3, 0.4) is 0 Å². The number of rotatable bonds is 8. The number of carbonyl (C=O) groups excluding carboxylic acids is 2. The van der Waals surface area contributed by atoms with E-state index in [1.807, 2.05) is 0 Å². The summed E-state index contributed by atoms with van der Waals surface area (Å²) in [6, 6.07) is 7.50. The molecule has 0 saturated carbocycles. The van der Waals surface area contributed by atoms with Crippen molar-refractivity contribution in [3.63, 3.8) is 0 Å². The first-order chi connectivity index (χ1) is 14.4. The average Bonchev–Trinajstić information content (AvgIpc) is 3.10. The molecule has 2 heterocycles. The zero-order valence-electron chi connectivity index (χ0n) is 18.1. The van der Waals surface area contributed by atoms with Gasteiger partial charge in [-0.15, -0.1) is 11.3 Å². The number of carbonyl (C=O) groups is 2. The lowest BCUT2D eigenvalue weighted by Crippen LogP contribution is -2.35. The summed E-state index contributed by atoms with van der Waals surface area (Å²) in [5.74, 6) is 0.0932. The summed E-state index contributed by atoms with van der Waals surface area (Å²) < 4.78 is 10.7. The van der Waals surface area contributed by atoms with Gasteiger partial charge in [0.25, 0.3) is 5.91 Å². The van der Waals surface area contributed by atoms with Crippen molar-refractivity contribution in [3.8, 4) is 5.75 Å². The van der Waals surface area contributed by atoms with Gasteiger partial charge in [-0.05, 0) is 56.5 Å². The average molecular weight is 431 g/mol. The number of fused-ring (bicyclic) bond motifs is 1. The largest absolute Gasteiger partial charge is 0.494 e. The molecule has 3 rings (SSSR count). The smallest absolute Gasteiger partial charge is 0.341 e. The lowest BCUT2D eigenvalue weighted by molar-refractivity contribution is 0.0600. The van der Waals surface area contributed by atoms with Crippen molar-refractivity contribution in [1.29, 1.82) is 0 Å². The van der Waals surface area contributed by atoms with Gasteiger partial charge < -0.3 is 14.8 Å². The van der Waals surface area contributed by atoms with E-state index in [9.17, 15) is 9.59 Å². The molecular formula is C23H30N2O4S. The van der Waals surface area contributed by atoms with E-state index in [0.29, 0.717) is 28.8 Å². The minimum Gasteiger partial charge on any atom is -0.494 e. The highest BCUT2D eigenvalue weighted by atomic mass is 32.1. The van der Waals surface area contributed by atoms with E-state index in [-0.39, 0.29) is 5.91 Å². The molecule has 162 valence electrons. The van der Waals surface area contributed by atoms with Crippen LogP contribution in [-0.2, 0) is 17.7 Å². The Morgan fingerprint density at radius 3 is 2.60 bits per heavy atom. The zero-order valence-corrected chi connectivity index (χ0v) is 18.9. The van der Waals surface area contributed by atoms with E-state index < -0.39 is 5.97 Å². The topological polar surface area (TPSA) is 67.9 Å². The summed E-state index contributed by atoms with van der Waals surface area (Å²) in [5.41, 5.74) is 2.01. The third-order valence-corrected chi connectivity index (χ3v) is 6.45. The van der Waals surface area contributed by atoms with Crippen LogP contribution >= 0.6 is 11.3 Å². The standard InChI is InChI=1S/C23H30N2O4S/c1-5-6-13-29-17-9-7-16(8-10-17)21(26)24-22-20(23(27)28-4)18-11-12-25(15(2)3)14-19(18)30-22/h7-10,15H,5-6,11-14H2,1-4H3,(H,24,26). The van der Waals surface area contributed by atoms with Crippen LogP contribution in [-0.4, -0.2) is 43.1 Å². The first-order valence-corrected chi connectivity index (χ1v) is 11.3. The van der Waals surface area contributed by atoms with Gasteiger partial charge in [0.05, 0.1) is 19.3 Å². The van der Waals surface area contributed by atoms with Crippen molar-refractivity contribution in [2.24, 2.45) is 0 Å². The van der Waals surface area contributed by atoms with E-state index in [1.54, 1.807) is 24.3 Å². The Morgan fingerprint density at radius 2 is 1.97 bits per heavy atom. The number of methoxy groups -OCH3 is 1. The number of ether oxygens (including phenoxy) is 2. The molecule has 30 heavy (non-hydrogen) atoms. The minimum atomic E-state index is -0.402. The van der Waals surface area contributed by atoms with Gasteiger partial charge >= 0.3 is 5.97 Å². The van der Waals surface area contributed by atoms with Gasteiger partial charge in [-0.1, -0.05) is 13.3 Å². The van der Waals surface area contributed by atoms with Crippen LogP contribution in [0.15, 0.2) is 24.3 Å². The van der Waals surface area contributed by atoms with Crippen molar-refractivity contribution >= 4 is 28.2 Å². The highest BCUT2D eigenvalue weighted by molar-refractivity contribution is 7.17. The van der Waals surface area contributed by atoms with Crippen LogP contribution in [0.25, 0.3) is 0 Å². The van der Waals surface area contributed by atoms with Gasteiger partial charge in [0, 0.05) is 29.6 Å². The van der Waals surface area contributed by atoms with E-state index in [4.69, 9.17) is 9.47 Å². The van der Waals surface area contributed by atoms with Crippen LogP contribution in [0.2, 0.25) is 0 Å². The summed E-state index contributed by atoms with van der Waals surface area (Å²) in [6.45, 7) is 8.77. The molecule has 1 amide bonds. The molecule has 0 fully saturated rings. The van der Waals surface area contributed by atoms with Crippen molar-refractivity contribution in [2.75, 3.05) is 25.6 Å². The molecule has 0 spiro atoms. The Kier molecular flexibility index (Phi) is 7.50. The number of anilines is 1. The Balaban J connectivity index is 1.78. The normalized spacial score (nSPS) is 13.8. The van der Waals surface area contributed by atoms with Gasteiger partial charge in [-0.3, -0.25) is 9.69 Å². The Morgan fingerprint density at radius 1 is 1.23 bits per heavy atom. The van der Waals surface area contributed by atoms with Crippen molar-refractivity contribution in [2.45, 2.75) is 52.6 Å². The zero-order chi connectivity index (χ0) is 21.7. The highest BCUT2D eigenvalue weighted by Gasteiger charge is 2.30. The lowest BCUT2D eigenvalue weighted by Gasteiger charge is -2.30. The van der Waals surface area contributed by atoms with Crippen molar-refractivity contribution in [1.82, 2.24) is 4.90 Å². The molecular weight excluding hydrogens is 400 g/mol. The monoisotopic (exact) mass is 430 g/mol. The molecule has 1 aliphatic rings. The fraction of sp³-hybridized carbons (Fsp3) is 0.478. The van der Waals surface area contributed by atoms with E-state index >= 15 is 0 Å². The summed E-state index contributed by atoms with van der Waals surface area (Å²) in [5, 5.41) is 3.50. The number of benzene rings is 1. The van der Waals surface area contributed by atoms with Gasteiger partial charge in [0.1, 0.15) is 10.8 Å². The molecule has 0 saturated heterocycles. The number of thiophene rings is 1. The number of unbranched alkanes of at least 4 members (excludes halogenated alkanes) is 1. The van der Waals surface area contributed by atoms with Crippen molar-refractivity contribution in [3.05, 3.63) is 45.8 Å². The molecule has 0 unspecified atom stereocenters. The first kappa shape index (κ1) is 22.3. The quantitative estimate of drug-likeness (QED) is 0.484. The maximum absolute atomic E-state index is 12.8. The van der Waals surface area contributed by atoms with E-state index in [2.05, 4.69) is 31.0 Å². The second kappa shape index (κ2) is 10.1. The molecule has 1 aromatic heterocycles. The Bertz CT molecular complexity index is 889. The van der Waals surface area contributed by atoms with Crippen LogP contribution in [0.1, 0.15) is 64.8 Å². The summed E-state index contributed by atoms with van der Waals surface area (Å²) in [4.78, 5) is 28.8. The molecule has 1 aliphatic heterocycles. The fourth-order valence-electron chi connectivity index (χ4n) is 3.48. The van der Waals surface area contributed by atoms with Crippen LogP contribution < -0.4 is 10.1 Å². The summed E-state index contributed by atoms with van der Waals surface area (Å²) >= 11 is 1.47. The predicted octanol–water partition coefficient (Wildman–Crippen LogP) is 4.73. The SMILES string of the molecule is CCCCOc1ccc(C(=O)Nc2sc3c(c2C(=O)OC)CCN(C(C)C)C3)cc1. The van der Waals surface area contributed by atoms with E-state index in [0.717, 1.165) is 48.5 Å². The first-order valence-electron chi connectivity index (χ1n) is 10.5. The van der Waals surface area contributed by atoms with Crippen molar-refractivity contribution < 1.29 is 19.1 Å². The highest BCUT2D eigenvalue weighted by Crippen LogP contribution is 2.38. The molecule has 6 nitrogen and oxygen atoms in total. The fourth-order valence-corrected chi connectivity index (χ4v) is 4.74. The molecule has 0 radical (unpaired) electrons. The number of hydrogen-bond donors (Lipinski definition) is 1. The number of nitrogens with zero attached hydrogens (tertiary/aromatic N) is 1. The Hall–Kier alpha value is -2.38. The second-order valence-electron chi connectivity index (χ2n) is 7.69. The maximum atomic E-state index is 12.8. The molecule has 0 aliphatic carbocycles. The van der Waals surface area contributed by atoms with Crippen LogP contribution in [0.4, 0.5) is 5.00 Å². The van der Waals surface area contributed by atoms with Gasteiger partial charge in [-0.25, -0.2) is 4.79 Å². The summed E-state index contributed by atoms with van der Waals surface area (Å²) in [7, 11) is 1.37. The van der Waals surface area contributed by atoms with E-state index in [1.165, 1.54) is 18.4 Å². The third kappa shape index (κ3) is 5.02. The number of amides is 1. The molecule has 0 atom stereocenters. The molecule has 1 N–H and O–H groups in total. The van der Waals surface area contributed by atoms with Crippen LogP contribution in [0.5, 0.6) is 5.75 Å². The predicted molar refractivity (Wildman–Crippen MR) is 120 cm³/mol. The van der Waals surface area contributed by atoms with Gasteiger partial charge in [-0.2, -0.15) is 0 Å². The third-order valence-electron chi connectivity index (χ3n) is 5.32. The maximum Gasteiger partial charge on any atom is 0.341 e. The number of hydrogen-bond acceptors (Lipinski definition) is 6. The molecule has 0 bridgehead atoms. The molecule has 1 aromatic carbocycles. The second-order valence-corrected chi connectivity index (χ2v) is 8.80. The van der Waals surface area contributed by atoms with Gasteiger partial charge in [0.15, 0.2) is 0 Å². The lowest BCUT2D eigenvalue weighted by atomic mass is 10.0.